The van der Waals surface area contributed by atoms with Gasteiger partial charge in [-0.25, -0.2) is 12.8 Å². The number of amides is 1. The SMILES string of the molecule is CCc1ccc(NC(=O)c2ccc(F)c(S(=O)(=O)N3CCN(c4ccc(C)cc4)C(C)C3)c2)cc1. The highest BCUT2D eigenvalue weighted by atomic mass is 32.2. The predicted molar refractivity (Wildman–Crippen MR) is 137 cm³/mol. The Hall–Kier alpha value is -3.23. The molecule has 0 aliphatic carbocycles. The highest BCUT2D eigenvalue weighted by molar-refractivity contribution is 7.89. The van der Waals surface area contributed by atoms with E-state index >= 15 is 0 Å². The summed E-state index contributed by atoms with van der Waals surface area (Å²) in [6, 6.07) is 18.8. The largest absolute Gasteiger partial charge is 0.366 e. The Morgan fingerprint density at radius 1 is 1.03 bits per heavy atom. The van der Waals surface area contributed by atoms with Crippen molar-refractivity contribution in [1.82, 2.24) is 4.31 Å². The molecule has 0 saturated carbocycles. The number of hydrogen-bond donors (Lipinski definition) is 1. The van der Waals surface area contributed by atoms with Gasteiger partial charge in [0.2, 0.25) is 10.0 Å². The average molecular weight is 496 g/mol. The fourth-order valence-electron chi connectivity index (χ4n) is 4.27. The van der Waals surface area contributed by atoms with Gasteiger partial charge in [0, 0.05) is 42.6 Å². The molecule has 0 spiro atoms. The van der Waals surface area contributed by atoms with Crippen LogP contribution in [0.5, 0.6) is 0 Å². The number of aryl methyl sites for hydroxylation is 2. The molecule has 6 nitrogen and oxygen atoms in total. The van der Waals surface area contributed by atoms with Crippen LogP contribution in [0.25, 0.3) is 0 Å². The Morgan fingerprint density at radius 3 is 2.34 bits per heavy atom. The normalized spacial score (nSPS) is 16.8. The molecule has 3 aromatic rings. The summed E-state index contributed by atoms with van der Waals surface area (Å²) in [4.78, 5) is 14.4. The van der Waals surface area contributed by atoms with Crippen molar-refractivity contribution in [3.8, 4) is 0 Å². The van der Waals surface area contributed by atoms with Gasteiger partial charge in [-0.15, -0.1) is 0 Å². The van der Waals surface area contributed by atoms with Gasteiger partial charge in [-0.05, 0) is 68.3 Å². The maximum atomic E-state index is 14.7. The Labute approximate surface area is 206 Å². The predicted octanol–water partition coefficient (Wildman–Crippen LogP) is 4.85. The second-order valence-corrected chi connectivity index (χ2v) is 10.8. The maximum absolute atomic E-state index is 14.7. The minimum absolute atomic E-state index is 0.0795. The average Bonchev–Trinajstić information content (AvgIpc) is 2.85. The number of carbonyl (C=O) groups excluding carboxylic acids is 1. The summed E-state index contributed by atoms with van der Waals surface area (Å²) in [5.74, 6) is -1.37. The number of carbonyl (C=O) groups is 1. The summed E-state index contributed by atoms with van der Waals surface area (Å²) in [6.45, 7) is 6.93. The highest BCUT2D eigenvalue weighted by Crippen LogP contribution is 2.27. The number of nitrogens with zero attached hydrogens (tertiary/aromatic N) is 2. The Morgan fingerprint density at radius 2 is 1.71 bits per heavy atom. The number of sulfonamides is 1. The van der Waals surface area contributed by atoms with Crippen molar-refractivity contribution in [1.29, 1.82) is 0 Å². The summed E-state index contributed by atoms with van der Waals surface area (Å²) in [7, 11) is -4.12. The molecular formula is C27H30FN3O3S. The Bertz CT molecular complexity index is 1310. The molecule has 1 aliphatic rings. The van der Waals surface area contributed by atoms with E-state index in [-0.39, 0.29) is 24.7 Å². The molecular weight excluding hydrogens is 465 g/mol. The van der Waals surface area contributed by atoms with Crippen LogP contribution in [-0.2, 0) is 16.4 Å². The lowest BCUT2D eigenvalue weighted by Crippen LogP contribution is -2.53. The van der Waals surface area contributed by atoms with E-state index in [9.17, 15) is 17.6 Å². The van der Waals surface area contributed by atoms with Crippen molar-refractivity contribution in [2.24, 2.45) is 0 Å². The lowest BCUT2D eigenvalue weighted by Gasteiger charge is -2.40. The fraction of sp³-hybridized carbons (Fsp3) is 0.296. The monoisotopic (exact) mass is 495 g/mol. The minimum Gasteiger partial charge on any atom is -0.366 e. The molecule has 1 unspecified atom stereocenters. The number of hydrogen-bond acceptors (Lipinski definition) is 4. The van der Waals surface area contributed by atoms with Crippen LogP contribution in [0.1, 0.15) is 35.3 Å². The van der Waals surface area contributed by atoms with Gasteiger partial charge in [0.15, 0.2) is 0 Å². The summed E-state index contributed by atoms with van der Waals surface area (Å²) in [5, 5.41) is 2.75. The summed E-state index contributed by atoms with van der Waals surface area (Å²) in [5.41, 5.74) is 3.98. The van der Waals surface area contributed by atoms with Crippen molar-refractivity contribution in [2.45, 2.75) is 38.1 Å². The molecule has 0 bridgehead atoms. The first-order chi connectivity index (χ1) is 16.7. The Kier molecular flexibility index (Phi) is 7.23. The van der Waals surface area contributed by atoms with Crippen molar-refractivity contribution >= 4 is 27.3 Å². The third-order valence-electron chi connectivity index (χ3n) is 6.39. The molecule has 1 amide bonds. The third kappa shape index (κ3) is 5.39. The van der Waals surface area contributed by atoms with E-state index in [2.05, 4.69) is 10.2 Å². The quantitative estimate of drug-likeness (QED) is 0.531. The molecule has 1 fully saturated rings. The summed E-state index contributed by atoms with van der Waals surface area (Å²) >= 11 is 0. The van der Waals surface area contributed by atoms with E-state index in [4.69, 9.17) is 0 Å². The van der Waals surface area contributed by atoms with Crippen LogP contribution in [0.4, 0.5) is 15.8 Å². The third-order valence-corrected chi connectivity index (χ3v) is 8.27. The van der Waals surface area contributed by atoms with Gasteiger partial charge >= 0.3 is 0 Å². The van der Waals surface area contributed by atoms with E-state index in [1.807, 2.05) is 57.2 Å². The first-order valence-electron chi connectivity index (χ1n) is 11.7. The molecule has 1 N–H and O–H groups in total. The standard InChI is InChI=1S/C27H30FN3O3S/c1-4-21-7-10-23(11-8-21)29-27(32)22-9-14-25(28)26(17-22)35(33,34)30-15-16-31(20(3)18-30)24-12-5-19(2)6-13-24/h5-14,17,20H,4,15-16,18H2,1-3H3,(H,29,32). The highest BCUT2D eigenvalue weighted by Gasteiger charge is 2.34. The smallest absolute Gasteiger partial charge is 0.255 e. The van der Waals surface area contributed by atoms with E-state index in [0.29, 0.717) is 12.2 Å². The van der Waals surface area contributed by atoms with Gasteiger partial charge in [0.1, 0.15) is 10.7 Å². The van der Waals surface area contributed by atoms with Crippen LogP contribution in [-0.4, -0.2) is 44.3 Å². The number of nitrogens with one attached hydrogen (secondary N) is 1. The van der Waals surface area contributed by atoms with E-state index in [1.54, 1.807) is 12.1 Å². The van der Waals surface area contributed by atoms with Gasteiger partial charge in [-0.3, -0.25) is 4.79 Å². The Balaban J connectivity index is 1.52. The fourth-order valence-corrected chi connectivity index (χ4v) is 5.87. The van der Waals surface area contributed by atoms with Crippen molar-refractivity contribution in [2.75, 3.05) is 29.9 Å². The first kappa shape index (κ1) is 24.9. The number of anilines is 2. The molecule has 1 heterocycles. The van der Waals surface area contributed by atoms with Gasteiger partial charge in [-0.1, -0.05) is 36.8 Å². The number of piperazine rings is 1. The van der Waals surface area contributed by atoms with Gasteiger partial charge < -0.3 is 10.2 Å². The van der Waals surface area contributed by atoms with E-state index in [1.165, 1.54) is 10.4 Å². The summed E-state index contributed by atoms with van der Waals surface area (Å²) < 4.78 is 42.8. The topological polar surface area (TPSA) is 69.7 Å². The number of halogens is 1. The van der Waals surface area contributed by atoms with Crippen molar-refractivity contribution in [3.63, 3.8) is 0 Å². The lowest BCUT2D eigenvalue weighted by atomic mass is 10.1. The lowest BCUT2D eigenvalue weighted by molar-refractivity contribution is 0.102. The van der Waals surface area contributed by atoms with E-state index in [0.717, 1.165) is 35.4 Å². The molecule has 1 saturated heterocycles. The van der Waals surface area contributed by atoms with E-state index < -0.39 is 26.6 Å². The van der Waals surface area contributed by atoms with Crippen LogP contribution >= 0.6 is 0 Å². The number of benzene rings is 3. The second kappa shape index (κ2) is 10.2. The molecule has 0 radical (unpaired) electrons. The first-order valence-corrected chi connectivity index (χ1v) is 13.2. The van der Waals surface area contributed by atoms with Crippen LogP contribution in [0, 0.1) is 12.7 Å². The second-order valence-electron chi connectivity index (χ2n) is 8.89. The molecule has 1 aliphatic heterocycles. The molecule has 4 rings (SSSR count). The van der Waals surface area contributed by atoms with Gasteiger partial charge in [-0.2, -0.15) is 4.31 Å². The maximum Gasteiger partial charge on any atom is 0.255 e. The molecule has 184 valence electrons. The van der Waals surface area contributed by atoms with Crippen LogP contribution in [0.15, 0.2) is 71.6 Å². The molecule has 3 aromatic carbocycles. The zero-order valence-corrected chi connectivity index (χ0v) is 21.0. The van der Waals surface area contributed by atoms with Gasteiger partial charge in [0.05, 0.1) is 0 Å². The minimum atomic E-state index is -4.12. The molecule has 8 heteroatoms. The van der Waals surface area contributed by atoms with Crippen molar-refractivity contribution < 1.29 is 17.6 Å². The van der Waals surface area contributed by atoms with Crippen LogP contribution in [0.2, 0.25) is 0 Å². The molecule has 0 aromatic heterocycles. The van der Waals surface area contributed by atoms with Crippen molar-refractivity contribution in [3.05, 3.63) is 89.2 Å². The van der Waals surface area contributed by atoms with Crippen LogP contribution in [0.3, 0.4) is 0 Å². The zero-order valence-electron chi connectivity index (χ0n) is 20.2. The van der Waals surface area contributed by atoms with Gasteiger partial charge in [0.25, 0.3) is 5.91 Å². The number of rotatable bonds is 6. The zero-order chi connectivity index (χ0) is 25.2. The summed E-state index contributed by atoms with van der Waals surface area (Å²) in [6.07, 6.45) is 0.880. The molecule has 35 heavy (non-hydrogen) atoms. The van der Waals surface area contributed by atoms with Crippen LogP contribution < -0.4 is 10.2 Å². The molecule has 1 atom stereocenters.